The van der Waals surface area contributed by atoms with E-state index in [1.807, 2.05) is 31.2 Å². The van der Waals surface area contributed by atoms with Crippen LogP contribution in [-0.2, 0) is 0 Å². The first-order valence-electron chi connectivity index (χ1n) is 6.01. The van der Waals surface area contributed by atoms with Gasteiger partial charge in [-0.2, -0.15) is 0 Å². The molecule has 2 unspecified atom stereocenters. The molecule has 94 valence electrons. The Labute approximate surface area is 113 Å². The molecule has 2 nitrogen and oxygen atoms in total. The van der Waals surface area contributed by atoms with Crippen molar-refractivity contribution < 1.29 is 0 Å². The zero-order chi connectivity index (χ0) is 13.1. The number of hydrogen-bond donors (Lipinski definition) is 1. The van der Waals surface area contributed by atoms with Crippen LogP contribution in [0.15, 0.2) is 42.7 Å². The number of rotatable bonds is 3. The second-order valence-corrected chi connectivity index (χ2v) is 5.01. The second kappa shape index (κ2) is 5.51. The third-order valence-electron chi connectivity index (χ3n) is 3.34. The van der Waals surface area contributed by atoms with Crippen molar-refractivity contribution in [3.8, 4) is 0 Å². The molecule has 0 radical (unpaired) electrons. The molecule has 3 heteroatoms. The third-order valence-corrected chi connectivity index (χ3v) is 3.76. The molecule has 2 N–H and O–H groups in total. The highest BCUT2D eigenvalue weighted by Crippen LogP contribution is 2.29. The number of nitrogens with zero attached hydrogens (tertiary/aromatic N) is 1. The van der Waals surface area contributed by atoms with Gasteiger partial charge >= 0.3 is 0 Å². The van der Waals surface area contributed by atoms with Crippen molar-refractivity contribution >= 4 is 11.6 Å². The minimum absolute atomic E-state index is 0.0385. The predicted octanol–water partition coefficient (Wildman–Crippen LogP) is 3.85. The molecule has 0 saturated carbocycles. The van der Waals surface area contributed by atoms with Crippen LogP contribution in [0, 0.1) is 6.92 Å². The third kappa shape index (κ3) is 2.71. The lowest BCUT2D eigenvalue weighted by Crippen LogP contribution is -2.17. The fourth-order valence-corrected chi connectivity index (χ4v) is 2.16. The lowest BCUT2D eigenvalue weighted by molar-refractivity contribution is 0.597. The van der Waals surface area contributed by atoms with Gasteiger partial charge < -0.3 is 5.73 Å². The molecule has 0 saturated heterocycles. The molecule has 0 spiro atoms. The minimum Gasteiger partial charge on any atom is -0.323 e. The van der Waals surface area contributed by atoms with Crippen molar-refractivity contribution in [3.63, 3.8) is 0 Å². The van der Waals surface area contributed by atoms with Crippen LogP contribution in [0.3, 0.4) is 0 Å². The average molecular weight is 261 g/mol. The Morgan fingerprint density at radius 3 is 2.39 bits per heavy atom. The number of aryl methyl sites for hydroxylation is 1. The highest BCUT2D eigenvalue weighted by molar-refractivity contribution is 6.31. The largest absolute Gasteiger partial charge is 0.323 e. The molecule has 0 aliphatic rings. The van der Waals surface area contributed by atoms with Gasteiger partial charge in [0.25, 0.3) is 0 Å². The fraction of sp³-hybridized carbons (Fsp3) is 0.267. The molecule has 2 atom stereocenters. The molecule has 2 rings (SSSR count). The summed E-state index contributed by atoms with van der Waals surface area (Å²) in [7, 11) is 0. The number of pyridine rings is 1. The zero-order valence-electron chi connectivity index (χ0n) is 10.6. The van der Waals surface area contributed by atoms with Crippen LogP contribution >= 0.6 is 11.6 Å². The normalized spacial score (nSPS) is 14.2. The first-order chi connectivity index (χ1) is 8.59. The lowest BCUT2D eigenvalue weighted by atomic mass is 9.89. The molecular weight excluding hydrogens is 244 g/mol. The van der Waals surface area contributed by atoms with Gasteiger partial charge in [-0.25, -0.2) is 0 Å². The van der Waals surface area contributed by atoms with Crippen molar-refractivity contribution in [2.24, 2.45) is 5.73 Å². The second-order valence-electron chi connectivity index (χ2n) is 4.60. The Morgan fingerprint density at radius 1 is 1.11 bits per heavy atom. The number of aromatic nitrogens is 1. The van der Waals surface area contributed by atoms with Crippen LogP contribution in [0.1, 0.15) is 35.6 Å². The Kier molecular flexibility index (Phi) is 4.00. The van der Waals surface area contributed by atoms with Gasteiger partial charge in [-0.05, 0) is 41.8 Å². The molecule has 1 heterocycles. The van der Waals surface area contributed by atoms with Crippen molar-refractivity contribution in [1.82, 2.24) is 4.98 Å². The van der Waals surface area contributed by atoms with Gasteiger partial charge in [0.1, 0.15) is 0 Å². The molecule has 0 aliphatic carbocycles. The first-order valence-corrected chi connectivity index (χ1v) is 6.39. The monoisotopic (exact) mass is 260 g/mol. The van der Waals surface area contributed by atoms with E-state index in [4.69, 9.17) is 17.3 Å². The summed E-state index contributed by atoms with van der Waals surface area (Å²) in [5.74, 6) is 0.244. The highest BCUT2D eigenvalue weighted by atomic mass is 35.5. The van der Waals surface area contributed by atoms with Gasteiger partial charge in [0.15, 0.2) is 0 Å². The summed E-state index contributed by atoms with van der Waals surface area (Å²) >= 11 is 6.03. The summed E-state index contributed by atoms with van der Waals surface area (Å²) in [6.07, 6.45) is 3.59. The van der Waals surface area contributed by atoms with Crippen molar-refractivity contribution in [3.05, 3.63) is 64.4 Å². The summed E-state index contributed by atoms with van der Waals surface area (Å²) in [4.78, 5) is 4.03. The van der Waals surface area contributed by atoms with Crippen LogP contribution in [-0.4, -0.2) is 4.98 Å². The summed E-state index contributed by atoms with van der Waals surface area (Å²) in [6, 6.07) is 9.94. The van der Waals surface area contributed by atoms with E-state index in [1.54, 1.807) is 12.4 Å². The van der Waals surface area contributed by atoms with E-state index in [1.165, 1.54) is 5.56 Å². The van der Waals surface area contributed by atoms with E-state index in [9.17, 15) is 0 Å². The topological polar surface area (TPSA) is 38.9 Å². The standard InChI is InChI=1S/C15H17ClN2/c1-10-9-13(3-4-14(10)16)15(17)11(2)12-5-7-18-8-6-12/h3-9,11,15H,17H2,1-2H3. The maximum atomic E-state index is 6.33. The van der Waals surface area contributed by atoms with Gasteiger partial charge in [0, 0.05) is 29.4 Å². The Bertz CT molecular complexity index is 525. The number of halogens is 1. The average Bonchev–Trinajstić information content (AvgIpc) is 2.41. The van der Waals surface area contributed by atoms with E-state index >= 15 is 0 Å². The van der Waals surface area contributed by atoms with E-state index in [0.717, 1.165) is 16.1 Å². The summed E-state index contributed by atoms with van der Waals surface area (Å²) in [5.41, 5.74) is 9.70. The van der Waals surface area contributed by atoms with Gasteiger partial charge in [0.05, 0.1) is 0 Å². The van der Waals surface area contributed by atoms with Crippen LogP contribution in [0.25, 0.3) is 0 Å². The quantitative estimate of drug-likeness (QED) is 0.911. The van der Waals surface area contributed by atoms with Crippen LogP contribution < -0.4 is 5.73 Å². The molecule has 2 aromatic rings. The molecule has 1 aromatic heterocycles. The molecular formula is C15H17ClN2. The zero-order valence-corrected chi connectivity index (χ0v) is 11.4. The van der Waals surface area contributed by atoms with E-state index in [0.29, 0.717) is 0 Å². The number of benzene rings is 1. The van der Waals surface area contributed by atoms with Crippen LogP contribution in [0.4, 0.5) is 0 Å². The molecule has 0 aliphatic heterocycles. The number of nitrogens with two attached hydrogens (primary N) is 1. The minimum atomic E-state index is -0.0385. The predicted molar refractivity (Wildman–Crippen MR) is 75.8 cm³/mol. The van der Waals surface area contributed by atoms with Crippen LogP contribution in [0.5, 0.6) is 0 Å². The lowest BCUT2D eigenvalue weighted by Gasteiger charge is -2.21. The van der Waals surface area contributed by atoms with Gasteiger partial charge in [0.2, 0.25) is 0 Å². The maximum Gasteiger partial charge on any atom is 0.0435 e. The number of hydrogen-bond acceptors (Lipinski definition) is 2. The summed E-state index contributed by atoms with van der Waals surface area (Å²) in [6.45, 7) is 4.12. The summed E-state index contributed by atoms with van der Waals surface area (Å²) < 4.78 is 0. The van der Waals surface area contributed by atoms with E-state index in [-0.39, 0.29) is 12.0 Å². The van der Waals surface area contributed by atoms with Crippen molar-refractivity contribution in [2.75, 3.05) is 0 Å². The molecule has 1 aromatic carbocycles. The van der Waals surface area contributed by atoms with E-state index < -0.39 is 0 Å². The van der Waals surface area contributed by atoms with Gasteiger partial charge in [-0.1, -0.05) is 30.7 Å². The van der Waals surface area contributed by atoms with Gasteiger partial charge in [-0.3, -0.25) is 4.98 Å². The maximum absolute atomic E-state index is 6.33. The Balaban J connectivity index is 2.25. The highest BCUT2D eigenvalue weighted by Gasteiger charge is 2.17. The van der Waals surface area contributed by atoms with Crippen molar-refractivity contribution in [1.29, 1.82) is 0 Å². The van der Waals surface area contributed by atoms with Gasteiger partial charge in [-0.15, -0.1) is 0 Å². The summed E-state index contributed by atoms with van der Waals surface area (Å²) in [5, 5.41) is 0.780. The first kappa shape index (κ1) is 13.1. The van der Waals surface area contributed by atoms with Crippen LogP contribution in [0.2, 0.25) is 5.02 Å². The SMILES string of the molecule is Cc1cc(C(N)C(C)c2ccncc2)ccc1Cl. The molecule has 0 fully saturated rings. The molecule has 18 heavy (non-hydrogen) atoms. The Morgan fingerprint density at radius 2 is 1.78 bits per heavy atom. The smallest absolute Gasteiger partial charge is 0.0435 e. The Hall–Kier alpha value is -1.38. The van der Waals surface area contributed by atoms with E-state index in [2.05, 4.69) is 18.0 Å². The van der Waals surface area contributed by atoms with Crippen molar-refractivity contribution in [2.45, 2.75) is 25.8 Å². The molecule has 0 amide bonds. The fourth-order valence-electron chi connectivity index (χ4n) is 2.04. The molecule has 0 bridgehead atoms.